The molecule has 2 saturated heterocycles. The summed E-state index contributed by atoms with van der Waals surface area (Å²) in [4.78, 5) is 4.75. The summed E-state index contributed by atoms with van der Waals surface area (Å²) in [6.45, 7) is 5.49. The maximum Gasteiger partial charge on any atom is 0.0798 e. The van der Waals surface area contributed by atoms with Gasteiger partial charge in [0, 0.05) is 19.6 Å². The Morgan fingerprint density at radius 3 is 2.47 bits per heavy atom. The van der Waals surface area contributed by atoms with E-state index in [0.717, 1.165) is 32.5 Å². The van der Waals surface area contributed by atoms with Crippen LogP contribution in [0, 0.1) is 0 Å². The molecule has 1 atom stereocenters. The first kappa shape index (κ1) is 11.4. The summed E-state index contributed by atoms with van der Waals surface area (Å²) < 4.78 is 0. The second-order valence-corrected chi connectivity index (χ2v) is 5.36. The lowest BCUT2D eigenvalue weighted by molar-refractivity contribution is 0.0303. The van der Waals surface area contributed by atoms with E-state index in [2.05, 4.69) is 16.8 Å². The molecule has 2 aliphatic heterocycles. The van der Waals surface area contributed by atoms with Crippen LogP contribution >= 0.6 is 0 Å². The van der Waals surface area contributed by atoms with E-state index >= 15 is 0 Å². The topological polar surface area (TPSA) is 26.7 Å². The predicted molar refractivity (Wildman–Crippen MR) is 62.0 cm³/mol. The Balaban J connectivity index is 1.72. The number of hydrogen-bond donors (Lipinski definition) is 1. The molecule has 2 fully saturated rings. The first-order valence-electron chi connectivity index (χ1n) is 6.31. The van der Waals surface area contributed by atoms with Gasteiger partial charge < -0.3 is 14.9 Å². The minimum atomic E-state index is -0.397. The highest BCUT2D eigenvalue weighted by atomic mass is 16.3. The van der Waals surface area contributed by atoms with Gasteiger partial charge in [-0.05, 0) is 45.8 Å². The zero-order valence-corrected chi connectivity index (χ0v) is 9.91. The van der Waals surface area contributed by atoms with Crippen LogP contribution in [0.4, 0.5) is 0 Å². The third kappa shape index (κ3) is 3.16. The van der Waals surface area contributed by atoms with E-state index in [-0.39, 0.29) is 0 Å². The van der Waals surface area contributed by atoms with Crippen LogP contribution in [0.15, 0.2) is 0 Å². The zero-order chi connectivity index (χ0) is 10.7. The Morgan fingerprint density at radius 2 is 1.87 bits per heavy atom. The van der Waals surface area contributed by atoms with Gasteiger partial charge in [-0.2, -0.15) is 0 Å². The molecule has 0 radical (unpaired) electrons. The molecule has 1 unspecified atom stereocenters. The smallest absolute Gasteiger partial charge is 0.0798 e. The largest absolute Gasteiger partial charge is 0.388 e. The minimum absolute atomic E-state index is 0.397. The molecule has 0 spiro atoms. The van der Waals surface area contributed by atoms with E-state index < -0.39 is 5.60 Å². The fourth-order valence-electron chi connectivity index (χ4n) is 2.81. The Hall–Kier alpha value is -0.120. The molecule has 88 valence electrons. The lowest BCUT2D eigenvalue weighted by Gasteiger charge is -2.30. The molecular weight excluding hydrogens is 188 g/mol. The van der Waals surface area contributed by atoms with E-state index in [1.165, 1.54) is 32.4 Å². The summed E-state index contributed by atoms with van der Waals surface area (Å²) in [5.41, 5.74) is -0.397. The van der Waals surface area contributed by atoms with Crippen molar-refractivity contribution in [1.82, 2.24) is 9.80 Å². The maximum absolute atomic E-state index is 10.3. The molecule has 0 saturated carbocycles. The van der Waals surface area contributed by atoms with Crippen molar-refractivity contribution in [2.24, 2.45) is 0 Å². The van der Waals surface area contributed by atoms with Crippen molar-refractivity contribution in [3.63, 3.8) is 0 Å². The first-order valence-corrected chi connectivity index (χ1v) is 6.31. The fourth-order valence-corrected chi connectivity index (χ4v) is 2.81. The van der Waals surface area contributed by atoms with E-state index in [1.54, 1.807) is 0 Å². The summed E-state index contributed by atoms with van der Waals surface area (Å²) in [6.07, 6.45) is 5.99. The lowest BCUT2D eigenvalue weighted by Crippen LogP contribution is -2.38. The van der Waals surface area contributed by atoms with Crippen LogP contribution < -0.4 is 0 Å². The summed E-state index contributed by atoms with van der Waals surface area (Å²) in [5.74, 6) is 0. The normalized spacial score (nSPS) is 34.8. The number of nitrogens with zero attached hydrogens (tertiary/aromatic N) is 2. The number of likely N-dealkylation sites (N-methyl/N-ethyl adjacent to an activating group) is 1. The van der Waals surface area contributed by atoms with Gasteiger partial charge in [-0.3, -0.25) is 0 Å². The van der Waals surface area contributed by atoms with Crippen LogP contribution in [0.5, 0.6) is 0 Å². The highest BCUT2D eigenvalue weighted by Crippen LogP contribution is 2.24. The Kier molecular flexibility index (Phi) is 3.65. The van der Waals surface area contributed by atoms with Gasteiger partial charge >= 0.3 is 0 Å². The van der Waals surface area contributed by atoms with Gasteiger partial charge in [0.25, 0.3) is 0 Å². The van der Waals surface area contributed by atoms with Gasteiger partial charge in [0.05, 0.1) is 5.60 Å². The van der Waals surface area contributed by atoms with Crippen LogP contribution in [0.25, 0.3) is 0 Å². The molecule has 3 heteroatoms. The summed E-state index contributed by atoms with van der Waals surface area (Å²) >= 11 is 0. The Labute approximate surface area is 93.1 Å². The molecule has 0 amide bonds. The standard InChI is InChI=1S/C12H24N2O/c1-13-9-5-12(15,11-13)6-10-14-7-3-2-4-8-14/h15H,2-11H2,1H3. The Bertz CT molecular complexity index is 204. The molecule has 0 bridgehead atoms. The van der Waals surface area contributed by atoms with Crippen LogP contribution in [0.1, 0.15) is 32.1 Å². The van der Waals surface area contributed by atoms with E-state index in [0.29, 0.717) is 0 Å². The van der Waals surface area contributed by atoms with Crippen LogP contribution in [0.3, 0.4) is 0 Å². The average molecular weight is 212 g/mol. The van der Waals surface area contributed by atoms with Gasteiger partial charge in [-0.1, -0.05) is 6.42 Å². The van der Waals surface area contributed by atoms with Crippen LogP contribution in [-0.2, 0) is 0 Å². The number of hydrogen-bond acceptors (Lipinski definition) is 3. The van der Waals surface area contributed by atoms with Crippen molar-refractivity contribution in [3.05, 3.63) is 0 Å². The molecule has 0 aromatic heterocycles. The zero-order valence-electron chi connectivity index (χ0n) is 9.91. The molecule has 3 nitrogen and oxygen atoms in total. The summed E-state index contributed by atoms with van der Waals surface area (Å²) in [5, 5.41) is 10.3. The van der Waals surface area contributed by atoms with Crippen molar-refractivity contribution >= 4 is 0 Å². The lowest BCUT2D eigenvalue weighted by atomic mass is 9.98. The van der Waals surface area contributed by atoms with Crippen LogP contribution in [0.2, 0.25) is 0 Å². The quantitative estimate of drug-likeness (QED) is 0.754. The van der Waals surface area contributed by atoms with Gasteiger partial charge in [-0.25, -0.2) is 0 Å². The highest BCUT2D eigenvalue weighted by Gasteiger charge is 2.34. The second kappa shape index (κ2) is 4.81. The van der Waals surface area contributed by atoms with Crippen molar-refractivity contribution < 1.29 is 5.11 Å². The molecular formula is C12H24N2O. The number of aliphatic hydroxyl groups is 1. The summed E-state index contributed by atoms with van der Waals surface area (Å²) in [6, 6.07) is 0. The molecule has 2 aliphatic rings. The van der Waals surface area contributed by atoms with E-state index in [4.69, 9.17) is 0 Å². The van der Waals surface area contributed by atoms with Crippen molar-refractivity contribution in [2.75, 3.05) is 39.8 Å². The number of rotatable bonds is 3. The molecule has 15 heavy (non-hydrogen) atoms. The Morgan fingerprint density at radius 1 is 1.13 bits per heavy atom. The average Bonchev–Trinajstić information content (AvgIpc) is 2.58. The molecule has 2 heterocycles. The predicted octanol–water partition coefficient (Wildman–Crippen LogP) is 0.929. The summed E-state index contributed by atoms with van der Waals surface area (Å²) in [7, 11) is 2.10. The second-order valence-electron chi connectivity index (χ2n) is 5.36. The van der Waals surface area contributed by atoms with E-state index in [9.17, 15) is 5.11 Å². The third-order valence-electron chi connectivity index (χ3n) is 3.87. The maximum atomic E-state index is 10.3. The molecule has 0 aromatic rings. The molecule has 0 aromatic carbocycles. The van der Waals surface area contributed by atoms with Crippen molar-refractivity contribution in [1.29, 1.82) is 0 Å². The number of piperidine rings is 1. The van der Waals surface area contributed by atoms with Crippen LogP contribution in [-0.4, -0.2) is 60.3 Å². The SMILES string of the molecule is CN1CCC(O)(CCN2CCCCC2)C1. The third-order valence-corrected chi connectivity index (χ3v) is 3.87. The number of β-amino-alcohol motifs (C(OH)–C–C–N with tert-alkyl or cyclic N) is 1. The van der Waals surface area contributed by atoms with Gasteiger partial charge in [-0.15, -0.1) is 0 Å². The van der Waals surface area contributed by atoms with Gasteiger partial charge in [0.1, 0.15) is 0 Å². The van der Waals surface area contributed by atoms with Crippen molar-refractivity contribution in [2.45, 2.75) is 37.7 Å². The first-order chi connectivity index (χ1) is 7.18. The fraction of sp³-hybridized carbons (Fsp3) is 1.00. The minimum Gasteiger partial charge on any atom is -0.388 e. The molecule has 0 aliphatic carbocycles. The molecule has 2 rings (SSSR count). The molecule has 1 N–H and O–H groups in total. The van der Waals surface area contributed by atoms with Gasteiger partial charge in [0.15, 0.2) is 0 Å². The monoisotopic (exact) mass is 212 g/mol. The van der Waals surface area contributed by atoms with Gasteiger partial charge in [0.2, 0.25) is 0 Å². The highest BCUT2D eigenvalue weighted by molar-refractivity contribution is 4.89. The van der Waals surface area contributed by atoms with Crippen molar-refractivity contribution in [3.8, 4) is 0 Å². The van der Waals surface area contributed by atoms with E-state index in [1.807, 2.05) is 0 Å². The number of likely N-dealkylation sites (tertiary alicyclic amines) is 2.